The van der Waals surface area contributed by atoms with E-state index in [1.807, 2.05) is 0 Å². The van der Waals surface area contributed by atoms with Gasteiger partial charge in [0.25, 0.3) is 0 Å². The lowest BCUT2D eigenvalue weighted by molar-refractivity contribution is -0.0513. The summed E-state index contributed by atoms with van der Waals surface area (Å²) in [7, 11) is 0. The third-order valence-corrected chi connectivity index (χ3v) is 3.37. The number of rotatable bonds is 6. The number of aromatic hydroxyl groups is 1. The molecule has 0 aliphatic carbocycles. The average Bonchev–Trinajstić information content (AvgIpc) is 2.55. The summed E-state index contributed by atoms with van der Waals surface area (Å²) in [5.74, 6) is -2.33. The Morgan fingerprint density at radius 3 is 2.40 bits per heavy atom. The number of carboxylic acids is 1. The maximum absolute atomic E-state index is 12.6. The molecule has 1 heterocycles. The van der Waals surface area contributed by atoms with Gasteiger partial charge in [0.1, 0.15) is 0 Å². The van der Waals surface area contributed by atoms with Gasteiger partial charge in [-0.3, -0.25) is 0 Å². The molecule has 2 N–H and O–H groups in total. The van der Waals surface area contributed by atoms with Crippen molar-refractivity contribution in [2.45, 2.75) is 13.5 Å². The van der Waals surface area contributed by atoms with Crippen molar-refractivity contribution >= 4 is 18.1 Å². The van der Waals surface area contributed by atoms with Crippen LogP contribution in [0.1, 0.15) is 27.3 Å². The number of carbonyl (C=O) groups is 1. The quantitative estimate of drug-likeness (QED) is 0.826. The molecule has 0 spiro atoms. The molecule has 1 aromatic heterocycles. The Morgan fingerprint density at radius 1 is 1.24 bits per heavy atom. The molecule has 0 saturated carbocycles. The van der Waals surface area contributed by atoms with E-state index in [1.165, 1.54) is 18.2 Å². The van der Waals surface area contributed by atoms with Crippen LogP contribution in [0.5, 0.6) is 11.5 Å². The van der Waals surface area contributed by atoms with Gasteiger partial charge in [0.15, 0.2) is 23.0 Å². The molecule has 0 atom stereocenters. The van der Waals surface area contributed by atoms with Gasteiger partial charge in [-0.15, -0.1) is 0 Å². The predicted octanol–water partition coefficient (Wildman–Crippen LogP) is 3.74. The van der Waals surface area contributed by atoms with Crippen LogP contribution in [0.15, 0.2) is 25.3 Å². The molecule has 0 amide bonds. The molecule has 8 heteroatoms. The van der Waals surface area contributed by atoms with E-state index in [2.05, 4.69) is 27.9 Å². The Balaban J connectivity index is 2.76. The number of nitrogens with zero attached hydrogens (tertiary/aromatic N) is 2. The minimum absolute atomic E-state index is 0.0161. The number of halogens is 2. The van der Waals surface area contributed by atoms with E-state index in [0.717, 1.165) is 6.07 Å². The molecular formula is C17H14F2N2O4. The monoisotopic (exact) mass is 348 g/mol. The number of alkyl halides is 2. The Hall–Kier alpha value is -3.29. The first-order valence-electron chi connectivity index (χ1n) is 6.98. The minimum Gasteiger partial charge on any atom is -0.504 e. The number of hydrogen-bond donors (Lipinski definition) is 2. The molecule has 0 radical (unpaired) electrons. The van der Waals surface area contributed by atoms with Crippen LogP contribution in [-0.4, -0.2) is 32.8 Å². The van der Waals surface area contributed by atoms with E-state index in [0.29, 0.717) is 5.69 Å². The van der Waals surface area contributed by atoms with E-state index in [9.17, 15) is 23.8 Å². The summed E-state index contributed by atoms with van der Waals surface area (Å²) in [4.78, 5) is 19.6. The van der Waals surface area contributed by atoms with Crippen LogP contribution in [-0.2, 0) is 0 Å². The molecule has 1 aromatic carbocycles. The van der Waals surface area contributed by atoms with Crippen molar-refractivity contribution in [3.05, 3.63) is 47.8 Å². The Bertz CT molecular complexity index is 866. The highest BCUT2D eigenvalue weighted by atomic mass is 19.3. The zero-order chi connectivity index (χ0) is 18.7. The number of aryl methyl sites for hydroxylation is 1. The minimum atomic E-state index is -3.17. The van der Waals surface area contributed by atoms with Crippen LogP contribution in [0.3, 0.4) is 0 Å². The number of hydrogen-bond acceptors (Lipinski definition) is 5. The molecule has 0 fully saturated rings. The van der Waals surface area contributed by atoms with Gasteiger partial charge < -0.3 is 14.9 Å². The summed E-state index contributed by atoms with van der Waals surface area (Å²) in [6.45, 7) is 5.45. The van der Waals surface area contributed by atoms with Gasteiger partial charge in [-0.2, -0.15) is 8.78 Å². The SMILES string of the molecule is C=Cc1c(C)nc(-c2ccc(O)c(OC(F)F)c2C=C)nc1C(=O)O. The molecule has 130 valence electrons. The summed E-state index contributed by atoms with van der Waals surface area (Å²) < 4.78 is 29.5. The largest absolute Gasteiger partial charge is 0.504 e. The fourth-order valence-electron chi connectivity index (χ4n) is 2.31. The fourth-order valence-corrected chi connectivity index (χ4v) is 2.31. The first kappa shape index (κ1) is 18.1. The van der Waals surface area contributed by atoms with E-state index >= 15 is 0 Å². The molecule has 0 aliphatic rings. The fraction of sp³-hybridized carbons (Fsp3) is 0.118. The zero-order valence-corrected chi connectivity index (χ0v) is 13.2. The number of aromatic carboxylic acids is 1. The lowest BCUT2D eigenvalue weighted by Crippen LogP contribution is -2.09. The smallest absolute Gasteiger partial charge is 0.387 e. The third-order valence-electron chi connectivity index (χ3n) is 3.37. The van der Waals surface area contributed by atoms with Gasteiger partial charge in [0, 0.05) is 22.4 Å². The van der Waals surface area contributed by atoms with Gasteiger partial charge in [-0.25, -0.2) is 14.8 Å². The van der Waals surface area contributed by atoms with Crippen molar-refractivity contribution in [2.24, 2.45) is 0 Å². The maximum Gasteiger partial charge on any atom is 0.387 e. The Kier molecular flexibility index (Phi) is 5.11. The van der Waals surface area contributed by atoms with E-state index in [1.54, 1.807) is 6.92 Å². The predicted molar refractivity (Wildman–Crippen MR) is 87.6 cm³/mol. The topological polar surface area (TPSA) is 92.5 Å². The van der Waals surface area contributed by atoms with Crippen LogP contribution in [0.4, 0.5) is 8.78 Å². The second-order valence-electron chi connectivity index (χ2n) is 4.86. The lowest BCUT2D eigenvalue weighted by atomic mass is 10.0. The molecule has 0 unspecified atom stereocenters. The molecule has 25 heavy (non-hydrogen) atoms. The van der Waals surface area contributed by atoms with Crippen LogP contribution in [0.2, 0.25) is 0 Å². The normalized spacial score (nSPS) is 10.6. The van der Waals surface area contributed by atoms with Crippen molar-refractivity contribution in [1.29, 1.82) is 0 Å². The van der Waals surface area contributed by atoms with Gasteiger partial charge >= 0.3 is 12.6 Å². The first-order valence-corrected chi connectivity index (χ1v) is 6.98. The zero-order valence-electron chi connectivity index (χ0n) is 13.2. The van der Waals surface area contributed by atoms with Gasteiger partial charge in [-0.05, 0) is 19.1 Å². The number of carboxylic acid groups (broad SMARTS) is 1. The van der Waals surface area contributed by atoms with Crippen molar-refractivity contribution in [1.82, 2.24) is 9.97 Å². The summed E-state index contributed by atoms with van der Waals surface area (Å²) in [5.41, 5.74) is 0.514. The summed E-state index contributed by atoms with van der Waals surface area (Å²) in [5, 5.41) is 19.1. The van der Waals surface area contributed by atoms with Crippen LogP contribution < -0.4 is 4.74 Å². The molecule has 6 nitrogen and oxygen atoms in total. The van der Waals surface area contributed by atoms with E-state index < -0.39 is 24.1 Å². The van der Waals surface area contributed by atoms with Crippen LogP contribution in [0.25, 0.3) is 23.5 Å². The molecular weight excluding hydrogens is 334 g/mol. The third kappa shape index (κ3) is 3.47. The molecule has 2 rings (SSSR count). The Labute approximate surface area is 141 Å². The van der Waals surface area contributed by atoms with Crippen LogP contribution in [0, 0.1) is 6.92 Å². The molecule has 2 aromatic rings. The van der Waals surface area contributed by atoms with E-state index in [4.69, 9.17) is 0 Å². The van der Waals surface area contributed by atoms with Crippen molar-refractivity contribution in [2.75, 3.05) is 0 Å². The van der Waals surface area contributed by atoms with Crippen molar-refractivity contribution < 1.29 is 28.5 Å². The maximum atomic E-state index is 12.6. The average molecular weight is 348 g/mol. The summed E-state index contributed by atoms with van der Waals surface area (Å²) in [6, 6.07) is 2.49. The van der Waals surface area contributed by atoms with Crippen LogP contribution >= 0.6 is 0 Å². The van der Waals surface area contributed by atoms with E-state index in [-0.39, 0.29) is 28.2 Å². The Morgan fingerprint density at radius 2 is 1.88 bits per heavy atom. The first-order chi connectivity index (χ1) is 11.8. The van der Waals surface area contributed by atoms with Gasteiger partial charge in [-0.1, -0.05) is 25.3 Å². The number of ether oxygens (including phenoxy) is 1. The number of phenolic OH excluding ortho intramolecular Hbond substituents is 1. The van der Waals surface area contributed by atoms with Gasteiger partial charge in [0.05, 0.1) is 0 Å². The summed E-state index contributed by atoms with van der Waals surface area (Å²) in [6.07, 6.45) is 2.51. The summed E-state index contributed by atoms with van der Waals surface area (Å²) >= 11 is 0. The highest BCUT2D eigenvalue weighted by Crippen LogP contribution is 2.38. The number of phenols is 1. The van der Waals surface area contributed by atoms with Crippen molar-refractivity contribution in [3.63, 3.8) is 0 Å². The standard InChI is InChI=1S/C17H14F2N2O4/c1-4-9-8(3)20-15(21-13(9)16(23)24)11-6-7-12(22)14(10(11)5-2)25-17(18)19/h4-7,17,22H,1-2H2,3H3,(H,23,24). The van der Waals surface area contributed by atoms with Crippen molar-refractivity contribution in [3.8, 4) is 22.9 Å². The highest BCUT2D eigenvalue weighted by molar-refractivity contribution is 5.91. The number of aromatic nitrogens is 2. The second-order valence-corrected chi connectivity index (χ2v) is 4.86. The molecule has 0 bridgehead atoms. The van der Waals surface area contributed by atoms with Gasteiger partial charge in [0.2, 0.25) is 0 Å². The highest BCUT2D eigenvalue weighted by Gasteiger charge is 2.21. The molecule has 0 saturated heterocycles. The lowest BCUT2D eigenvalue weighted by Gasteiger charge is -2.14. The second kappa shape index (κ2) is 7.08. The molecule has 0 aliphatic heterocycles. The number of benzene rings is 1.